The first-order valence-corrected chi connectivity index (χ1v) is 12.9. The number of nitrogens with zero attached hydrogens (tertiary/aromatic N) is 2. The second-order valence-corrected chi connectivity index (χ2v) is 10.2. The van der Waals surface area contributed by atoms with Gasteiger partial charge in [-0.3, -0.25) is 9.59 Å². The number of H-pyrrole nitrogens is 1. The second-order valence-electron chi connectivity index (χ2n) is 10.2. The van der Waals surface area contributed by atoms with Gasteiger partial charge in [0.2, 0.25) is 5.91 Å². The Bertz CT molecular complexity index is 1460. The van der Waals surface area contributed by atoms with Crippen molar-refractivity contribution in [3.63, 3.8) is 0 Å². The van der Waals surface area contributed by atoms with E-state index in [1.807, 2.05) is 55.5 Å². The zero-order valence-corrected chi connectivity index (χ0v) is 21.2. The summed E-state index contributed by atoms with van der Waals surface area (Å²) >= 11 is 0. The number of para-hydroxylation sites is 1. The molecule has 6 heteroatoms. The van der Waals surface area contributed by atoms with Gasteiger partial charge in [0, 0.05) is 29.9 Å². The molecule has 2 aliphatic heterocycles. The predicted octanol–water partition coefficient (Wildman–Crippen LogP) is 4.84. The molecule has 0 saturated carbocycles. The molecule has 2 aliphatic rings. The van der Waals surface area contributed by atoms with Gasteiger partial charge in [0.25, 0.3) is 5.91 Å². The highest BCUT2D eigenvalue weighted by Gasteiger charge is 2.56. The standard InChI is InChI=1S/C31H31N3O3/c1-31-29-28(24-12-6-7-13-26(24)32-29)25(22-14-16-23(37-2)17-15-22)19-34(31)27(35)20-33(30(31)36)18-8-11-21-9-4-3-5-10-21/h3-7,9-10,12-17,25,32H,8,11,18-20H2,1-2H3/t25-,31-/m0/s1. The Morgan fingerprint density at radius 2 is 1.70 bits per heavy atom. The smallest absolute Gasteiger partial charge is 0.254 e. The number of fused-ring (bicyclic) bond motifs is 5. The zero-order chi connectivity index (χ0) is 25.6. The van der Waals surface area contributed by atoms with Crippen molar-refractivity contribution in [3.8, 4) is 5.75 Å². The summed E-state index contributed by atoms with van der Waals surface area (Å²) < 4.78 is 5.37. The van der Waals surface area contributed by atoms with E-state index in [-0.39, 0.29) is 24.3 Å². The summed E-state index contributed by atoms with van der Waals surface area (Å²) in [5, 5.41) is 1.10. The molecule has 188 valence electrons. The van der Waals surface area contributed by atoms with E-state index in [0.29, 0.717) is 13.1 Å². The van der Waals surface area contributed by atoms with Crippen molar-refractivity contribution in [2.24, 2.45) is 0 Å². The monoisotopic (exact) mass is 493 g/mol. The molecule has 1 saturated heterocycles. The van der Waals surface area contributed by atoms with Crippen LogP contribution in [0, 0.1) is 0 Å². The number of rotatable bonds is 6. The van der Waals surface area contributed by atoms with Crippen molar-refractivity contribution in [3.05, 3.63) is 101 Å². The summed E-state index contributed by atoms with van der Waals surface area (Å²) in [6, 6.07) is 26.5. The van der Waals surface area contributed by atoms with Crippen molar-refractivity contribution in [2.75, 3.05) is 26.7 Å². The molecule has 2 atom stereocenters. The molecular weight excluding hydrogens is 462 g/mol. The Morgan fingerprint density at radius 1 is 0.973 bits per heavy atom. The fourth-order valence-corrected chi connectivity index (χ4v) is 6.11. The lowest BCUT2D eigenvalue weighted by molar-refractivity contribution is -0.166. The Hall–Kier alpha value is -4.06. The number of carbonyl (C=O) groups is 2. The quantitative estimate of drug-likeness (QED) is 0.418. The minimum Gasteiger partial charge on any atom is -0.497 e. The van der Waals surface area contributed by atoms with E-state index >= 15 is 0 Å². The third-order valence-electron chi connectivity index (χ3n) is 8.07. The fraction of sp³-hybridized carbons (Fsp3) is 0.290. The van der Waals surface area contributed by atoms with Gasteiger partial charge < -0.3 is 19.5 Å². The lowest BCUT2D eigenvalue weighted by Crippen LogP contribution is -2.67. The van der Waals surface area contributed by atoms with Gasteiger partial charge in [-0.15, -0.1) is 0 Å². The van der Waals surface area contributed by atoms with Crippen molar-refractivity contribution in [1.29, 1.82) is 0 Å². The van der Waals surface area contributed by atoms with E-state index in [0.717, 1.165) is 46.3 Å². The SMILES string of the molecule is COc1ccc([C@@H]2CN3C(=O)CN(CCCc4ccccc4)C(=O)[C@]3(C)c3[nH]c4ccccc4c32)cc1. The molecular formula is C31H31N3O3. The molecule has 0 bridgehead atoms. The molecule has 6 rings (SSSR count). The molecule has 1 aromatic heterocycles. The number of hydrogen-bond donors (Lipinski definition) is 1. The fourth-order valence-electron chi connectivity index (χ4n) is 6.11. The number of benzene rings is 3. The van der Waals surface area contributed by atoms with Crippen LogP contribution >= 0.6 is 0 Å². The number of hydrogen-bond acceptors (Lipinski definition) is 3. The molecule has 6 nitrogen and oxygen atoms in total. The summed E-state index contributed by atoms with van der Waals surface area (Å²) in [7, 11) is 1.66. The minimum atomic E-state index is -1.07. The maximum Gasteiger partial charge on any atom is 0.254 e. The molecule has 3 heterocycles. The van der Waals surface area contributed by atoms with Gasteiger partial charge >= 0.3 is 0 Å². The van der Waals surface area contributed by atoms with Crippen molar-refractivity contribution in [1.82, 2.24) is 14.8 Å². The highest BCUT2D eigenvalue weighted by atomic mass is 16.5. The largest absolute Gasteiger partial charge is 0.497 e. The summed E-state index contributed by atoms with van der Waals surface area (Å²) in [6.07, 6.45) is 1.68. The first kappa shape index (κ1) is 23.3. The maximum absolute atomic E-state index is 14.1. The van der Waals surface area contributed by atoms with Gasteiger partial charge in [-0.05, 0) is 54.7 Å². The van der Waals surface area contributed by atoms with Crippen LogP contribution < -0.4 is 4.74 Å². The maximum atomic E-state index is 14.1. The Balaban J connectivity index is 1.39. The number of amides is 2. The average molecular weight is 494 g/mol. The van der Waals surface area contributed by atoms with Gasteiger partial charge in [0.1, 0.15) is 5.75 Å². The predicted molar refractivity (Wildman–Crippen MR) is 144 cm³/mol. The number of aryl methyl sites for hydroxylation is 1. The normalized spacial score (nSPS) is 21.2. The summed E-state index contributed by atoms with van der Waals surface area (Å²) in [5.41, 5.74) is 4.18. The van der Waals surface area contributed by atoms with Gasteiger partial charge in [0.15, 0.2) is 5.54 Å². The second kappa shape index (κ2) is 9.11. The number of carbonyl (C=O) groups excluding carboxylic acids is 2. The number of nitrogens with one attached hydrogen (secondary N) is 1. The molecule has 4 aromatic rings. The minimum absolute atomic E-state index is 0.00960. The molecule has 37 heavy (non-hydrogen) atoms. The van der Waals surface area contributed by atoms with Gasteiger partial charge in [0.05, 0.1) is 19.3 Å². The van der Waals surface area contributed by atoms with Gasteiger partial charge in [-0.25, -0.2) is 0 Å². The van der Waals surface area contributed by atoms with Crippen LogP contribution in [0.2, 0.25) is 0 Å². The van der Waals surface area contributed by atoms with E-state index in [1.54, 1.807) is 16.9 Å². The molecule has 3 aromatic carbocycles. The molecule has 0 unspecified atom stereocenters. The van der Waals surface area contributed by atoms with E-state index in [9.17, 15) is 9.59 Å². The average Bonchev–Trinajstić information content (AvgIpc) is 3.33. The number of ether oxygens (including phenoxy) is 1. The third-order valence-corrected chi connectivity index (χ3v) is 8.07. The first-order chi connectivity index (χ1) is 18.0. The third kappa shape index (κ3) is 3.79. The van der Waals surface area contributed by atoms with Crippen LogP contribution in [0.3, 0.4) is 0 Å². The summed E-state index contributed by atoms with van der Waals surface area (Å²) in [5.74, 6) is 0.719. The zero-order valence-electron chi connectivity index (χ0n) is 21.2. The van der Waals surface area contributed by atoms with Crippen LogP contribution in [-0.2, 0) is 21.5 Å². The van der Waals surface area contributed by atoms with Crippen molar-refractivity contribution in [2.45, 2.75) is 31.2 Å². The number of aromatic nitrogens is 1. The number of aromatic amines is 1. The lowest BCUT2D eigenvalue weighted by Gasteiger charge is -2.51. The Kier molecular flexibility index (Phi) is 5.75. The lowest BCUT2D eigenvalue weighted by atomic mass is 9.76. The Labute approximate surface area is 216 Å². The number of piperazine rings is 1. The van der Waals surface area contributed by atoms with Gasteiger partial charge in [-0.2, -0.15) is 0 Å². The highest BCUT2D eigenvalue weighted by Crippen LogP contribution is 2.48. The number of methoxy groups -OCH3 is 1. The van der Waals surface area contributed by atoms with Crippen molar-refractivity contribution >= 4 is 22.7 Å². The molecule has 1 N–H and O–H groups in total. The van der Waals surface area contributed by atoms with Crippen LogP contribution in [0.5, 0.6) is 5.75 Å². The molecule has 1 fully saturated rings. The van der Waals surface area contributed by atoms with Crippen LogP contribution in [0.1, 0.15) is 41.6 Å². The molecule has 0 aliphatic carbocycles. The van der Waals surface area contributed by atoms with E-state index in [1.165, 1.54) is 5.56 Å². The molecule has 0 spiro atoms. The first-order valence-electron chi connectivity index (χ1n) is 12.9. The summed E-state index contributed by atoms with van der Waals surface area (Å²) in [6.45, 7) is 3.05. The topological polar surface area (TPSA) is 65.6 Å². The highest BCUT2D eigenvalue weighted by molar-refractivity contribution is 6.01. The van der Waals surface area contributed by atoms with Crippen LogP contribution in [0.4, 0.5) is 0 Å². The van der Waals surface area contributed by atoms with E-state index in [4.69, 9.17) is 4.74 Å². The Morgan fingerprint density at radius 3 is 2.46 bits per heavy atom. The molecule has 0 radical (unpaired) electrons. The van der Waals surface area contributed by atoms with Crippen LogP contribution in [0.25, 0.3) is 10.9 Å². The van der Waals surface area contributed by atoms with E-state index in [2.05, 4.69) is 35.3 Å². The van der Waals surface area contributed by atoms with Crippen LogP contribution in [-0.4, -0.2) is 53.3 Å². The van der Waals surface area contributed by atoms with Crippen molar-refractivity contribution < 1.29 is 14.3 Å². The molecule has 2 amide bonds. The summed E-state index contributed by atoms with van der Waals surface area (Å²) in [4.78, 5) is 34.9. The van der Waals surface area contributed by atoms with Gasteiger partial charge in [-0.1, -0.05) is 60.7 Å². The van der Waals surface area contributed by atoms with Crippen LogP contribution in [0.15, 0.2) is 78.9 Å². The van der Waals surface area contributed by atoms with E-state index < -0.39 is 5.54 Å².